The van der Waals surface area contributed by atoms with Crippen molar-refractivity contribution in [2.45, 2.75) is 26.9 Å². The molecule has 0 saturated heterocycles. The maximum absolute atomic E-state index is 6.04. The molecule has 7 nitrogen and oxygen atoms in total. The fourth-order valence-corrected chi connectivity index (χ4v) is 2.34. The number of nitrogen functional groups attached to an aromatic ring is 1. The molecule has 0 amide bonds. The molecule has 3 rings (SSSR count). The maximum Gasteiger partial charge on any atom is 0.202 e. The van der Waals surface area contributed by atoms with Gasteiger partial charge in [-0.2, -0.15) is 10.2 Å². The number of nitrogens with two attached hydrogens (primary N) is 1. The summed E-state index contributed by atoms with van der Waals surface area (Å²) in [7, 11) is 1.92. The van der Waals surface area contributed by atoms with E-state index in [0.717, 1.165) is 29.1 Å². The number of aryl methyl sites for hydroxylation is 3. The molecule has 0 unspecified atom stereocenters. The van der Waals surface area contributed by atoms with Crippen LogP contribution in [0.4, 0.5) is 5.95 Å². The Bertz CT molecular complexity index is 731. The molecular formula is C12H17N7. The lowest BCUT2D eigenvalue weighted by molar-refractivity contribution is 0.631. The van der Waals surface area contributed by atoms with Crippen LogP contribution in [0.2, 0.25) is 0 Å². The van der Waals surface area contributed by atoms with E-state index in [4.69, 9.17) is 5.73 Å². The van der Waals surface area contributed by atoms with E-state index in [-0.39, 0.29) is 0 Å². The average molecular weight is 259 g/mol. The molecule has 3 aromatic heterocycles. The predicted octanol–water partition coefficient (Wildman–Crippen LogP) is 0.925. The van der Waals surface area contributed by atoms with Gasteiger partial charge >= 0.3 is 0 Å². The highest BCUT2D eigenvalue weighted by Gasteiger charge is 2.17. The van der Waals surface area contributed by atoms with E-state index in [0.29, 0.717) is 12.5 Å². The Labute approximate surface area is 110 Å². The fraction of sp³-hybridized carbons (Fsp3) is 0.417. The summed E-state index contributed by atoms with van der Waals surface area (Å²) in [5.74, 6) is 0.513. The van der Waals surface area contributed by atoms with E-state index in [1.54, 1.807) is 6.20 Å². The number of aromatic nitrogens is 6. The molecule has 0 spiro atoms. The van der Waals surface area contributed by atoms with Crippen LogP contribution in [0, 0.1) is 6.92 Å². The Morgan fingerprint density at radius 2 is 2.16 bits per heavy atom. The number of anilines is 1. The zero-order chi connectivity index (χ0) is 13.6. The second kappa shape index (κ2) is 4.11. The van der Waals surface area contributed by atoms with Crippen LogP contribution in [0.1, 0.15) is 18.3 Å². The predicted molar refractivity (Wildman–Crippen MR) is 72.7 cm³/mol. The number of imidazole rings is 1. The van der Waals surface area contributed by atoms with Crippen molar-refractivity contribution in [3.63, 3.8) is 0 Å². The van der Waals surface area contributed by atoms with Gasteiger partial charge in [-0.1, -0.05) is 0 Å². The van der Waals surface area contributed by atoms with Crippen LogP contribution in [0.3, 0.4) is 0 Å². The van der Waals surface area contributed by atoms with Gasteiger partial charge in [0.1, 0.15) is 5.52 Å². The van der Waals surface area contributed by atoms with Gasteiger partial charge in [0.15, 0.2) is 5.65 Å². The summed E-state index contributed by atoms with van der Waals surface area (Å²) in [5, 5.41) is 8.65. The zero-order valence-corrected chi connectivity index (χ0v) is 11.3. The smallest absolute Gasteiger partial charge is 0.202 e. The zero-order valence-electron chi connectivity index (χ0n) is 11.3. The third kappa shape index (κ3) is 1.69. The van der Waals surface area contributed by atoms with Crippen LogP contribution >= 0.6 is 0 Å². The summed E-state index contributed by atoms with van der Waals surface area (Å²) in [6.45, 7) is 5.45. The van der Waals surface area contributed by atoms with E-state index in [9.17, 15) is 0 Å². The summed E-state index contributed by atoms with van der Waals surface area (Å²) >= 11 is 0. The first-order valence-electron chi connectivity index (χ1n) is 6.27. The van der Waals surface area contributed by atoms with Crippen LogP contribution in [-0.2, 0) is 20.1 Å². The number of rotatable bonds is 3. The summed E-state index contributed by atoms with van der Waals surface area (Å²) in [6, 6.07) is 1.98. The lowest BCUT2D eigenvalue weighted by Gasteiger charge is -2.08. The van der Waals surface area contributed by atoms with E-state index >= 15 is 0 Å². The van der Waals surface area contributed by atoms with Crippen molar-refractivity contribution in [3.05, 3.63) is 23.7 Å². The third-order valence-electron chi connectivity index (χ3n) is 3.37. The maximum atomic E-state index is 6.04. The third-order valence-corrected chi connectivity index (χ3v) is 3.37. The highest BCUT2D eigenvalue weighted by Crippen LogP contribution is 2.22. The number of nitrogens with zero attached hydrogens (tertiary/aromatic N) is 6. The molecule has 0 aliphatic carbocycles. The van der Waals surface area contributed by atoms with Gasteiger partial charge in [-0.05, 0) is 19.9 Å². The Morgan fingerprint density at radius 3 is 2.79 bits per heavy atom. The fourth-order valence-electron chi connectivity index (χ4n) is 2.34. The highest BCUT2D eigenvalue weighted by atomic mass is 15.4. The molecule has 100 valence electrons. The molecule has 0 atom stereocenters. The average Bonchev–Trinajstić information content (AvgIpc) is 3.01. The second-order valence-electron chi connectivity index (χ2n) is 4.58. The molecule has 0 radical (unpaired) electrons. The molecule has 3 aromatic rings. The molecule has 0 saturated carbocycles. The van der Waals surface area contributed by atoms with Gasteiger partial charge in [0.25, 0.3) is 0 Å². The van der Waals surface area contributed by atoms with Crippen LogP contribution in [-0.4, -0.2) is 29.1 Å². The molecule has 0 bridgehead atoms. The van der Waals surface area contributed by atoms with Gasteiger partial charge in [0.05, 0.1) is 17.9 Å². The van der Waals surface area contributed by atoms with Gasteiger partial charge in [0, 0.05) is 19.8 Å². The first-order valence-corrected chi connectivity index (χ1v) is 6.27. The van der Waals surface area contributed by atoms with Gasteiger partial charge in [-0.3, -0.25) is 9.25 Å². The Balaban J connectivity index is 2.17. The monoisotopic (exact) mass is 259 g/mol. The molecule has 0 aliphatic rings. The summed E-state index contributed by atoms with van der Waals surface area (Å²) in [4.78, 5) is 4.42. The lowest BCUT2D eigenvalue weighted by Crippen LogP contribution is -2.11. The summed E-state index contributed by atoms with van der Waals surface area (Å²) in [5.41, 5.74) is 9.87. The van der Waals surface area contributed by atoms with Crippen LogP contribution in [0.25, 0.3) is 11.2 Å². The van der Waals surface area contributed by atoms with E-state index in [1.807, 2.05) is 34.0 Å². The summed E-state index contributed by atoms with van der Waals surface area (Å²) < 4.78 is 5.75. The Morgan fingerprint density at radius 1 is 1.37 bits per heavy atom. The minimum atomic E-state index is 0.513. The normalized spacial score (nSPS) is 11.5. The summed E-state index contributed by atoms with van der Waals surface area (Å²) in [6.07, 6.45) is 1.78. The van der Waals surface area contributed by atoms with Crippen molar-refractivity contribution >= 4 is 17.1 Å². The van der Waals surface area contributed by atoms with Gasteiger partial charge in [0.2, 0.25) is 5.95 Å². The highest BCUT2D eigenvalue weighted by molar-refractivity contribution is 5.77. The topological polar surface area (TPSA) is 79.5 Å². The molecule has 3 heterocycles. The van der Waals surface area contributed by atoms with E-state index in [2.05, 4.69) is 22.1 Å². The standard InChI is InChI=1S/C12H17N7/c1-4-19-11-10(8(2)16-19)15-12(13)18(11)7-9-5-6-14-17(9)3/h5-6H,4,7H2,1-3H3,(H2,13,15). The van der Waals surface area contributed by atoms with Crippen LogP contribution in [0.5, 0.6) is 0 Å². The van der Waals surface area contributed by atoms with E-state index in [1.165, 1.54) is 0 Å². The van der Waals surface area contributed by atoms with E-state index < -0.39 is 0 Å². The number of hydrogen-bond acceptors (Lipinski definition) is 4. The van der Waals surface area contributed by atoms with Crippen molar-refractivity contribution in [1.29, 1.82) is 0 Å². The van der Waals surface area contributed by atoms with Crippen LogP contribution in [0.15, 0.2) is 12.3 Å². The molecule has 0 aromatic carbocycles. The molecule has 2 N–H and O–H groups in total. The van der Waals surface area contributed by atoms with Gasteiger partial charge in [-0.25, -0.2) is 9.67 Å². The van der Waals surface area contributed by atoms with Gasteiger partial charge in [-0.15, -0.1) is 0 Å². The van der Waals surface area contributed by atoms with Crippen LogP contribution < -0.4 is 5.73 Å². The first-order chi connectivity index (χ1) is 9.11. The van der Waals surface area contributed by atoms with Crippen molar-refractivity contribution in [2.75, 3.05) is 5.73 Å². The number of fused-ring (bicyclic) bond motifs is 1. The number of hydrogen-bond donors (Lipinski definition) is 1. The second-order valence-corrected chi connectivity index (χ2v) is 4.58. The van der Waals surface area contributed by atoms with Crippen molar-refractivity contribution in [2.24, 2.45) is 7.05 Å². The molecule has 19 heavy (non-hydrogen) atoms. The van der Waals surface area contributed by atoms with Crippen molar-refractivity contribution in [1.82, 2.24) is 29.1 Å². The Hall–Kier alpha value is -2.31. The van der Waals surface area contributed by atoms with Crippen molar-refractivity contribution in [3.8, 4) is 0 Å². The quantitative estimate of drug-likeness (QED) is 0.758. The minimum absolute atomic E-state index is 0.513. The molecule has 0 aliphatic heterocycles. The lowest BCUT2D eigenvalue weighted by atomic mass is 10.4. The SMILES string of the molecule is CCn1nc(C)c2nc(N)n(Cc3ccnn3C)c21. The minimum Gasteiger partial charge on any atom is -0.369 e. The first kappa shape index (κ1) is 11.8. The molecule has 7 heteroatoms. The Kier molecular flexibility index (Phi) is 2.55. The molecular weight excluding hydrogens is 242 g/mol. The van der Waals surface area contributed by atoms with Crippen molar-refractivity contribution < 1.29 is 0 Å². The largest absolute Gasteiger partial charge is 0.369 e. The molecule has 0 fully saturated rings. The van der Waals surface area contributed by atoms with Gasteiger partial charge < -0.3 is 5.73 Å².